The molecule has 0 saturated heterocycles. The van der Waals surface area contributed by atoms with Crippen molar-refractivity contribution in [1.82, 2.24) is 10.2 Å². The van der Waals surface area contributed by atoms with E-state index in [2.05, 4.69) is 22.9 Å². The number of hydrogen-bond acceptors (Lipinski definition) is 2. The summed E-state index contributed by atoms with van der Waals surface area (Å²) in [5.41, 5.74) is 3.52. The molecule has 0 spiro atoms. The van der Waals surface area contributed by atoms with Gasteiger partial charge in [0.05, 0.1) is 5.69 Å². The van der Waals surface area contributed by atoms with Crippen LogP contribution in [-0.2, 0) is 6.42 Å². The minimum absolute atomic E-state index is 0.599. The van der Waals surface area contributed by atoms with Crippen LogP contribution in [0.2, 0.25) is 0 Å². The average Bonchev–Trinajstić information content (AvgIpc) is 2.60. The number of nitrogens with zero attached hydrogens (tertiary/aromatic N) is 1. The van der Waals surface area contributed by atoms with Crippen molar-refractivity contribution in [2.75, 3.05) is 0 Å². The molecule has 1 aromatic heterocycles. The normalized spacial score (nSPS) is 14.6. The second-order valence-corrected chi connectivity index (χ2v) is 2.98. The molecule has 2 rings (SSSR count). The van der Waals surface area contributed by atoms with Crippen LogP contribution in [-0.4, -0.2) is 16.5 Å². The van der Waals surface area contributed by atoms with E-state index in [0.29, 0.717) is 5.69 Å². The van der Waals surface area contributed by atoms with Gasteiger partial charge in [-0.3, -0.25) is 9.89 Å². The summed E-state index contributed by atoms with van der Waals surface area (Å²) in [5, 5.41) is 6.81. The molecule has 13 heavy (non-hydrogen) atoms. The zero-order valence-corrected chi connectivity index (χ0v) is 7.21. The number of aromatic nitrogens is 2. The zero-order valence-electron chi connectivity index (χ0n) is 7.21. The van der Waals surface area contributed by atoms with Crippen molar-refractivity contribution in [1.29, 1.82) is 0 Å². The number of rotatable bonds is 2. The Balaban J connectivity index is 2.56. The van der Waals surface area contributed by atoms with Gasteiger partial charge < -0.3 is 0 Å². The molecule has 3 heteroatoms. The summed E-state index contributed by atoms with van der Waals surface area (Å²) in [6, 6.07) is 0. The number of aromatic amines is 1. The summed E-state index contributed by atoms with van der Waals surface area (Å²) in [6.45, 7) is 3.71. The van der Waals surface area contributed by atoms with E-state index in [9.17, 15) is 4.79 Å². The lowest BCUT2D eigenvalue weighted by atomic mass is 9.96. The van der Waals surface area contributed by atoms with E-state index in [0.717, 1.165) is 36.0 Å². The second kappa shape index (κ2) is 3.01. The molecule has 0 saturated carbocycles. The molecule has 1 N–H and O–H groups in total. The first-order valence-corrected chi connectivity index (χ1v) is 4.22. The number of carbonyl (C=O) groups is 1. The summed E-state index contributed by atoms with van der Waals surface area (Å²) in [4.78, 5) is 10.6. The SMILES string of the molecule is C=CC1=CCCc2c1n[nH]c2C=O. The van der Waals surface area contributed by atoms with Gasteiger partial charge in [0.1, 0.15) is 5.69 Å². The molecule has 0 bridgehead atoms. The quantitative estimate of drug-likeness (QED) is 0.694. The van der Waals surface area contributed by atoms with Gasteiger partial charge in [-0.1, -0.05) is 18.7 Å². The molecule has 0 atom stereocenters. The van der Waals surface area contributed by atoms with Crippen molar-refractivity contribution in [2.45, 2.75) is 12.8 Å². The number of H-pyrrole nitrogens is 1. The lowest BCUT2D eigenvalue weighted by Gasteiger charge is -2.08. The van der Waals surface area contributed by atoms with Crippen LogP contribution in [0.25, 0.3) is 5.57 Å². The second-order valence-electron chi connectivity index (χ2n) is 2.98. The Labute approximate surface area is 76.2 Å². The first kappa shape index (κ1) is 7.98. The van der Waals surface area contributed by atoms with Gasteiger partial charge in [-0.2, -0.15) is 5.10 Å². The van der Waals surface area contributed by atoms with Gasteiger partial charge in [0, 0.05) is 5.56 Å². The number of allylic oxidation sites excluding steroid dienone is 3. The highest BCUT2D eigenvalue weighted by Crippen LogP contribution is 2.26. The molecule has 66 valence electrons. The molecule has 1 aromatic rings. The van der Waals surface area contributed by atoms with Gasteiger partial charge in [-0.15, -0.1) is 0 Å². The Kier molecular flexibility index (Phi) is 1.85. The van der Waals surface area contributed by atoms with Gasteiger partial charge in [-0.05, 0) is 18.4 Å². The molecule has 0 aliphatic heterocycles. The van der Waals surface area contributed by atoms with E-state index >= 15 is 0 Å². The van der Waals surface area contributed by atoms with Gasteiger partial charge in [0.25, 0.3) is 0 Å². The largest absolute Gasteiger partial charge is 0.296 e. The van der Waals surface area contributed by atoms with Crippen molar-refractivity contribution in [2.24, 2.45) is 0 Å². The third-order valence-electron chi connectivity index (χ3n) is 2.27. The average molecular weight is 174 g/mol. The van der Waals surface area contributed by atoms with Crippen molar-refractivity contribution in [3.8, 4) is 0 Å². The van der Waals surface area contributed by atoms with Gasteiger partial charge in [0.2, 0.25) is 0 Å². The van der Waals surface area contributed by atoms with Crippen LogP contribution in [0, 0.1) is 0 Å². The molecule has 0 radical (unpaired) electrons. The van der Waals surface area contributed by atoms with Crippen LogP contribution in [0.3, 0.4) is 0 Å². The van der Waals surface area contributed by atoms with E-state index in [1.165, 1.54) is 0 Å². The minimum atomic E-state index is 0.599. The van der Waals surface area contributed by atoms with E-state index in [1.54, 1.807) is 6.08 Å². The van der Waals surface area contributed by atoms with E-state index in [4.69, 9.17) is 0 Å². The third kappa shape index (κ3) is 1.13. The first-order chi connectivity index (χ1) is 6.36. The van der Waals surface area contributed by atoms with Gasteiger partial charge in [0.15, 0.2) is 6.29 Å². The van der Waals surface area contributed by atoms with Crippen LogP contribution in [0.1, 0.15) is 28.2 Å². The van der Waals surface area contributed by atoms with E-state index in [1.807, 2.05) is 0 Å². The number of nitrogens with one attached hydrogen (secondary N) is 1. The van der Waals surface area contributed by atoms with Crippen molar-refractivity contribution in [3.05, 3.63) is 35.7 Å². The molecule has 0 fully saturated rings. The fraction of sp³-hybridized carbons (Fsp3) is 0.200. The highest BCUT2D eigenvalue weighted by molar-refractivity contribution is 5.82. The summed E-state index contributed by atoms with van der Waals surface area (Å²) < 4.78 is 0. The topological polar surface area (TPSA) is 45.8 Å². The standard InChI is InChI=1S/C10H10N2O/c1-2-7-4-3-5-8-9(6-13)11-12-10(7)8/h2,4,6H,1,3,5H2,(H,11,12). The van der Waals surface area contributed by atoms with Gasteiger partial charge in [-0.25, -0.2) is 0 Å². The fourth-order valence-corrected chi connectivity index (χ4v) is 1.62. The summed E-state index contributed by atoms with van der Waals surface area (Å²) in [6.07, 6.45) is 6.52. The summed E-state index contributed by atoms with van der Waals surface area (Å²) in [7, 11) is 0. The third-order valence-corrected chi connectivity index (χ3v) is 2.27. The molecule has 1 aliphatic rings. The highest BCUT2D eigenvalue weighted by atomic mass is 16.1. The van der Waals surface area contributed by atoms with Crippen molar-refractivity contribution >= 4 is 11.9 Å². The predicted molar refractivity (Wildman–Crippen MR) is 50.5 cm³/mol. The van der Waals surface area contributed by atoms with E-state index in [-0.39, 0.29) is 0 Å². The molecular weight excluding hydrogens is 164 g/mol. The fourth-order valence-electron chi connectivity index (χ4n) is 1.62. The van der Waals surface area contributed by atoms with Crippen molar-refractivity contribution in [3.63, 3.8) is 0 Å². The van der Waals surface area contributed by atoms with Crippen LogP contribution < -0.4 is 0 Å². The number of carbonyl (C=O) groups excluding carboxylic acids is 1. The smallest absolute Gasteiger partial charge is 0.168 e. The Morgan fingerprint density at radius 3 is 3.15 bits per heavy atom. The Morgan fingerprint density at radius 1 is 1.62 bits per heavy atom. The maximum atomic E-state index is 10.6. The van der Waals surface area contributed by atoms with Crippen LogP contribution in [0.5, 0.6) is 0 Å². The summed E-state index contributed by atoms with van der Waals surface area (Å²) >= 11 is 0. The number of hydrogen-bond donors (Lipinski definition) is 1. The monoisotopic (exact) mass is 174 g/mol. The maximum absolute atomic E-state index is 10.6. The molecule has 1 heterocycles. The Morgan fingerprint density at radius 2 is 2.46 bits per heavy atom. The molecule has 0 aromatic carbocycles. The lowest BCUT2D eigenvalue weighted by molar-refractivity contribution is 0.111. The van der Waals surface area contributed by atoms with E-state index < -0.39 is 0 Å². The van der Waals surface area contributed by atoms with Gasteiger partial charge >= 0.3 is 0 Å². The molecule has 0 unspecified atom stereocenters. The summed E-state index contributed by atoms with van der Waals surface area (Å²) in [5.74, 6) is 0. The number of fused-ring (bicyclic) bond motifs is 1. The predicted octanol–water partition coefficient (Wildman–Crippen LogP) is 1.74. The lowest BCUT2D eigenvalue weighted by Crippen LogP contribution is -1.98. The highest BCUT2D eigenvalue weighted by Gasteiger charge is 2.17. The number of aldehydes is 1. The first-order valence-electron chi connectivity index (χ1n) is 4.22. The molecule has 3 nitrogen and oxygen atoms in total. The molecule has 1 aliphatic carbocycles. The van der Waals surface area contributed by atoms with Crippen LogP contribution >= 0.6 is 0 Å². The Hall–Kier alpha value is -1.64. The Bertz CT molecular complexity index is 388. The molecular formula is C10H10N2O. The zero-order chi connectivity index (χ0) is 9.26. The molecule has 0 amide bonds. The maximum Gasteiger partial charge on any atom is 0.168 e. The van der Waals surface area contributed by atoms with Crippen LogP contribution in [0.15, 0.2) is 18.7 Å². The minimum Gasteiger partial charge on any atom is -0.296 e. The van der Waals surface area contributed by atoms with Crippen molar-refractivity contribution < 1.29 is 4.79 Å². The van der Waals surface area contributed by atoms with Crippen LogP contribution in [0.4, 0.5) is 0 Å².